The fourth-order valence-corrected chi connectivity index (χ4v) is 2.67. The molecule has 1 aromatic carbocycles. The van der Waals surface area contributed by atoms with Gasteiger partial charge in [-0.1, -0.05) is 11.6 Å². The van der Waals surface area contributed by atoms with Crippen LogP contribution >= 0.6 is 35.6 Å². The van der Waals surface area contributed by atoms with E-state index in [-0.39, 0.29) is 24.0 Å². The van der Waals surface area contributed by atoms with Gasteiger partial charge in [-0.25, -0.2) is 0 Å². The van der Waals surface area contributed by atoms with E-state index in [2.05, 4.69) is 15.6 Å². The van der Waals surface area contributed by atoms with E-state index in [1.54, 1.807) is 7.05 Å². The summed E-state index contributed by atoms with van der Waals surface area (Å²) in [6.07, 6.45) is 1.77. The first-order valence-electron chi connectivity index (χ1n) is 8.35. The zero-order chi connectivity index (χ0) is 17.2. The van der Waals surface area contributed by atoms with E-state index < -0.39 is 0 Å². The van der Waals surface area contributed by atoms with Crippen molar-refractivity contribution in [3.05, 3.63) is 22.7 Å². The zero-order valence-electron chi connectivity index (χ0n) is 14.8. The maximum atomic E-state index is 6.25. The van der Waals surface area contributed by atoms with Crippen LogP contribution in [0.3, 0.4) is 0 Å². The highest BCUT2D eigenvalue weighted by Gasteiger charge is 2.16. The van der Waals surface area contributed by atoms with E-state index in [1.807, 2.05) is 19.1 Å². The molecule has 1 aliphatic heterocycles. The van der Waals surface area contributed by atoms with Gasteiger partial charge in [-0.2, -0.15) is 0 Å². The van der Waals surface area contributed by atoms with Crippen molar-refractivity contribution < 1.29 is 14.2 Å². The van der Waals surface area contributed by atoms with E-state index in [4.69, 9.17) is 25.8 Å². The molecule has 1 aromatic rings. The van der Waals surface area contributed by atoms with Crippen LogP contribution < -0.4 is 20.1 Å². The number of benzene rings is 1. The van der Waals surface area contributed by atoms with Crippen LogP contribution in [0.1, 0.15) is 18.9 Å². The number of fused-ring (bicyclic) bond motifs is 1. The van der Waals surface area contributed by atoms with E-state index >= 15 is 0 Å². The van der Waals surface area contributed by atoms with Crippen molar-refractivity contribution in [2.45, 2.75) is 19.8 Å². The largest absolute Gasteiger partial charge is 0.486 e. The molecule has 0 atom stereocenters. The maximum absolute atomic E-state index is 6.25. The SMILES string of the molecule is CCOCCCNC(=NC)NCCc1cc(Cl)c2c(c1)OCCO2.I. The monoisotopic (exact) mass is 483 g/mol. The van der Waals surface area contributed by atoms with Crippen LogP contribution in [-0.4, -0.2) is 52.5 Å². The minimum absolute atomic E-state index is 0. The number of nitrogens with one attached hydrogen (secondary N) is 2. The second kappa shape index (κ2) is 12.4. The third kappa shape index (κ3) is 7.45. The van der Waals surface area contributed by atoms with Crippen molar-refractivity contribution in [2.24, 2.45) is 4.99 Å². The molecule has 8 heteroatoms. The lowest BCUT2D eigenvalue weighted by Gasteiger charge is -2.20. The zero-order valence-corrected chi connectivity index (χ0v) is 17.9. The van der Waals surface area contributed by atoms with Gasteiger partial charge in [0.1, 0.15) is 13.2 Å². The molecule has 0 saturated heterocycles. The highest BCUT2D eigenvalue weighted by molar-refractivity contribution is 14.0. The van der Waals surface area contributed by atoms with E-state index in [0.29, 0.717) is 24.0 Å². The topological polar surface area (TPSA) is 64.1 Å². The summed E-state index contributed by atoms with van der Waals surface area (Å²) in [5.74, 6) is 2.16. The van der Waals surface area contributed by atoms with Crippen molar-refractivity contribution in [1.82, 2.24) is 10.6 Å². The first-order chi connectivity index (χ1) is 11.7. The molecule has 0 aliphatic carbocycles. The number of nitrogens with zero attached hydrogens (tertiary/aromatic N) is 1. The predicted octanol–water partition coefficient (Wildman–Crippen LogP) is 2.86. The Morgan fingerprint density at radius 1 is 1.24 bits per heavy atom. The van der Waals surface area contributed by atoms with Gasteiger partial charge in [0.15, 0.2) is 17.5 Å². The predicted molar refractivity (Wildman–Crippen MR) is 112 cm³/mol. The summed E-state index contributed by atoms with van der Waals surface area (Å²) in [7, 11) is 1.76. The van der Waals surface area contributed by atoms with E-state index in [9.17, 15) is 0 Å². The van der Waals surface area contributed by atoms with Gasteiger partial charge in [0.2, 0.25) is 0 Å². The van der Waals surface area contributed by atoms with Crippen molar-refractivity contribution in [3.63, 3.8) is 0 Å². The Labute approximate surface area is 171 Å². The summed E-state index contributed by atoms with van der Waals surface area (Å²) in [4.78, 5) is 4.21. The first-order valence-corrected chi connectivity index (χ1v) is 8.72. The molecule has 0 aromatic heterocycles. The highest BCUT2D eigenvalue weighted by atomic mass is 127. The second-order valence-corrected chi connectivity index (χ2v) is 5.74. The van der Waals surface area contributed by atoms with Crippen molar-refractivity contribution in [1.29, 1.82) is 0 Å². The minimum atomic E-state index is 0. The van der Waals surface area contributed by atoms with Crippen molar-refractivity contribution in [2.75, 3.05) is 46.6 Å². The Morgan fingerprint density at radius 2 is 2.00 bits per heavy atom. The number of guanidine groups is 1. The van der Waals surface area contributed by atoms with Crippen LogP contribution in [0.2, 0.25) is 5.02 Å². The van der Waals surface area contributed by atoms with Crippen LogP contribution in [-0.2, 0) is 11.2 Å². The summed E-state index contributed by atoms with van der Waals surface area (Å²) >= 11 is 6.25. The Hall–Kier alpha value is -0.930. The van der Waals surface area contributed by atoms with Crippen molar-refractivity contribution in [3.8, 4) is 11.5 Å². The number of rotatable bonds is 8. The molecule has 1 heterocycles. The lowest BCUT2D eigenvalue weighted by Crippen LogP contribution is -2.39. The van der Waals surface area contributed by atoms with Gasteiger partial charge in [0, 0.05) is 33.4 Å². The maximum Gasteiger partial charge on any atom is 0.190 e. The molecule has 0 fully saturated rings. The smallest absolute Gasteiger partial charge is 0.190 e. The van der Waals surface area contributed by atoms with Crippen LogP contribution in [0.5, 0.6) is 11.5 Å². The average Bonchev–Trinajstić information content (AvgIpc) is 2.60. The fourth-order valence-electron chi connectivity index (χ4n) is 2.38. The second-order valence-electron chi connectivity index (χ2n) is 5.33. The normalized spacial score (nSPS) is 13.2. The minimum Gasteiger partial charge on any atom is -0.486 e. The quantitative estimate of drug-likeness (QED) is 0.258. The lowest BCUT2D eigenvalue weighted by molar-refractivity contribution is 0.145. The summed E-state index contributed by atoms with van der Waals surface area (Å²) < 4.78 is 16.4. The number of aliphatic imine (C=N–C) groups is 1. The average molecular weight is 484 g/mol. The summed E-state index contributed by atoms with van der Waals surface area (Å²) in [5, 5.41) is 7.15. The number of ether oxygens (including phenoxy) is 3. The van der Waals surface area contributed by atoms with Crippen molar-refractivity contribution >= 4 is 41.5 Å². The molecule has 6 nitrogen and oxygen atoms in total. The molecule has 0 spiro atoms. The first kappa shape index (κ1) is 22.1. The number of hydrogen-bond acceptors (Lipinski definition) is 4. The molecular weight excluding hydrogens is 457 g/mol. The molecule has 142 valence electrons. The summed E-state index contributed by atoms with van der Waals surface area (Å²) in [5.41, 5.74) is 1.10. The Balaban J connectivity index is 0.00000312. The molecule has 2 rings (SSSR count). The Morgan fingerprint density at radius 3 is 2.76 bits per heavy atom. The van der Waals surface area contributed by atoms with Gasteiger partial charge in [-0.05, 0) is 37.5 Å². The summed E-state index contributed by atoms with van der Waals surface area (Å²) in [6.45, 7) is 6.19. The van der Waals surface area contributed by atoms with E-state index in [1.165, 1.54) is 0 Å². The lowest BCUT2D eigenvalue weighted by atomic mass is 10.1. The molecular formula is C17H27ClIN3O3. The van der Waals surface area contributed by atoms with Gasteiger partial charge in [0.05, 0.1) is 5.02 Å². The Bertz CT molecular complexity index is 558. The van der Waals surface area contributed by atoms with Gasteiger partial charge in [-0.15, -0.1) is 24.0 Å². The number of hydrogen-bond donors (Lipinski definition) is 2. The Kier molecular flexibility index (Phi) is 11.0. The van der Waals surface area contributed by atoms with E-state index in [0.717, 1.165) is 56.4 Å². The fraction of sp³-hybridized carbons (Fsp3) is 0.588. The molecule has 25 heavy (non-hydrogen) atoms. The highest BCUT2D eigenvalue weighted by Crippen LogP contribution is 2.38. The van der Waals surface area contributed by atoms with Crippen LogP contribution in [0, 0.1) is 0 Å². The molecule has 0 unspecified atom stereocenters. The molecule has 0 bridgehead atoms. The van der Waals surface area contributed by atoms with Gasteiger partial charge < -0.3 is 24.8 Å². The van der Waals surface area contributed by atoms with Crippen LogP contribution in [0.15, 0.2) is 17.1 Å². The molecule has 0 amide bonds. The number of halogens is 2. The molecule has 2 N–H and O–H groups in total. The standard InChI is InChI=1S/C17H26ClN3O3.HI/c1-3-22-8-4-6-20-17(19-2)21-7-5-13-11-14(18)16-15(12-13)23-9-10-24-16;/h11-12H,3-10H2,1-2H3,(H2,19,20,21);1H. The van der Waals surface area contributed by atoms with Crippen LogP contribution in [0.25, 0.3) is 0 Å². The van der Waals surface area contributed by atoms with Crippen LogP contribution in [0.4, 0.5) is 0 Å². The summed E-state index contributed by atoms with van der Waals surface area (Å²) in [6, 6.07) is 3.91. The molecule has 1 aliphatic rings. The third-order valence-corrected chi connectivity index (χ3v) is 3.83. The molecule has 0 saturated carbocycles. The molecule has 0 radical (unpaired) electrons. The third-order valence-electron chi connectivity index (χ3n) is 3.55. The van der Waals surface area contributed by atoms with Gasteiger partial charge >= 0.3 is 0 Å². The van der Waals surface area contributed by atoms with Gasteiger partial charge in [0.25, 0.3) is 0 Å². The van der Waals surface area contributed by atoms with Gasteiger partial charge in [-0.3, -0.25) is 4.99 Å².